The maximum atomic E-state index is 13.0. The van der Waals surface area contributed by atoms with Gasteiger partial charge in [0.2, 0.25) is 5.75 Å². The standard InChI is InChI=1S/C27H29N3O5/c1-18-8-7-9-20(14-18)35-13-12-30-22-11-6-5-10-21(22)29-25(30)17-28-27(31)19-15-23(32-2)26(34-4)24(16-19)33-3/h5-11,14-16H,12-13,17H2,1-4H3,(H,28,31). The van der Waals surface area contributed by atoms with Gasteiger partial charge in [0.05, 0.1) is 45.5 Å². The highest BCUT2D eigenvalue weighted by atomic mass is 16.5. The summed E-state index contributed by atoms with van der Waals surface area (Å²) >= 11 is 0. The summed E-state index contributed by atoms with van der Waals surface area (Å²) < 4.78 is 24.1. The highest BCUT2D eigenvalue weighted by Crippen LogP contribution is 2.38. The lowest BCUT2D eigenvalue weighted by Gasteiger charge is -2.14. The van der Waals surface area contributed by atoms with Gasteiger partial charge in [-0.3, -0.25) is 4.79 Å². The number of ether oxygens (including phenoxy) is 4. The van der Waals surface area contributed by atoms with Gasteiger partial charge in [0.15, 0.2) is 11.5 Å². The van der Waals surface area contributed by atoms with Crippen molar-refractivity contribution < 1.29 is 23.7 Å². The number of fused-ring (bicyclic) bond motifs is 1. The van der Waals surface area contributed by atoms with Crippen LogP contribution in [0.4, 0.5) is 0 Å². The Morgan fingerprint density at radius 3 is 2.37 bits per heavy atom. The van der Waals surface area contributed by atoms with Crippen LogP contribution in [0, 0.1) is 6.92 Å². The normalized spacial score (nSPS) is 10.7. The summed E-state index contributed by atoms with van der Waals surface area (Å²) in [6.45, 7) is 3.33. The molecule has 3 aromatic carbocycles. The van der Waals surface area contributed by atoms with Gasteiger partial charge in [0.25, 0.3) is 5.91 Å². The van der Waals surface area contributed by atoms with Gasteiger partial charge in [-0.2, -0.15) is 0 Å². The summed E-state index contributed by atoms with van der Waals surface area (Å²) in [4.78, 5) is 17.7. The number of carbonyl (C=O) groups excluding carboxylic acids is 1. The Morgan fingerprint density at radius 1 is 0.943 bits per heavy atom. The molecule has 8 heteroatoms. The van der Waals surface area contributed by atoms with E-state index in [-0.39, 0.29) is 12.5 Å². The van der Waals surface area contributed by atoms with Crippen LogP contribution in [0.2, 0.25) is 0 Å². The highest BCUT2D eigenvalue weighted by molar-refractivity contribution is 5.95. The number of hydrogen-bond acceptors (Lipinski definition) is 6. The molecule has 0 aliphatic carbocycles. The van der Waals surface area contributed by atoms with Crippen molar-refractivity contribution >= 4 is 16.9 Å². The lowest BCUT2D eigenvalue weighted by atomic mass is 10.1. The molecule has 0 aliphatic heterocycles. The third-order valence-corrected chi connectivity index (χ3v) is 5.64. The summed E-state index contributed by atoms with van der Waals surface area (Å²) in [6, 6.07) is 19.1. The molecular weight excluding hydrogens is 446 g/mol. The van der Waals surface area contributed by atoms with Crippen LogP contribution in [-0.2, 0) is 13.1 Å². The van der Waals surface area contributed by atoms with Crippen LogP contribution in [0.3, 0.4) is 0 Å². The molecule has 1 heterocycles. The molecule has 0 fully saturated rings. The highest BCUT2D eigenvalue weighted by Gasteiger charge is 2.18. The van der Waals surface area contributed by atoms with Crippen molar-refractivity contribution in [3.8, 4) is 23.0 Å². The first-order valence-corrected chi connectivity index (χ1v) is 11.3. The van der Waals surface area contributed by atoms with Gasteiger partial charge in [-0.1, -0.05) is 24.3 Å². The first-order chi connectivity index (χ1) is 17.0. The Morgan fingerprint density at radius 2 is 1.69 bits per heavy atom. The first-order valence-electron chi connectivity index (χ1n) is 11.3. The van der Waals surface area contributed by atoms with Crippen LogP contribution in [0.5, 0.6) is 23.0 Å². The second kappa shape index (κ2) is 10.8. The van der Waals surface area contributed by atoms with E-state index in [4.69, 9.17) is 23.9 Å². The quantitative estimate of drug-likeness (QED) is 0.367. The Balaban J connectivity index is 1.51. The first kappa shape index (κ1) is 23.9. The van der Waals surface area contributed by atoms with Crippen LogP contribution < -0.4 is 24.3 Å². The number of nitrogens with zero attached hydrogens (tertiary/aromatic N) is 2. The van der Waals surface area contributed by atoms with E-state index >= 15 is 0 Å². The second-order valence-electron chi connectivity index (χ2n) is 7.93. The SMILES string of the molecule is COc1cc(C(=O)NCc2nc3ccccc3n2CCOc2cccc(C)c2)cc(OC)c1OC. The van der Waals surface area contributed by atoms with E-state index in [9.17, 15) is 4.79 Å². The largest absolute Gasteiger partial charge is 0.493 e. The summed E-state index contributed by atoms with van der Waals surface area (Å²) in [5.41, 5.74) is 3.38. The molecule has 0 radical (unpaired) electrons. The van der Waals surface area contributed by atoms with E-state index in [1.54, 1.807) is 12.1 Å². The van der Waals surface area contributed by atoms with Gasteiger partial charge in [-0.15, -0.1) is 0 Å². The molecule has 8 nitrogen and oxygen atoms in total. The average molecular weight is 476 g/mol. The van der Waals surface area contributed by atoms with Crippen molar-refractivity contribution in [2.45, 2.75) is 20.0 Å². The van der Waals surface area contributed by atoms with Crippen molar-refractivity contribution in [1.29, 1.82) is 0 Å². The molecule has 182 valence electrons. The third kappa shape index (κ3) is 5.32. The fourth-order valence-electron chi connectivity index (χ4n) is 3.94. The van der Waals surface area contributed by atoms with Crippen molar-refractivity contribution in [3.05, 3.63) is 77.6 Å². The number of aryl methyl sites for hydroxylation is 1. The van der Waals surface area contributed by atoms with Gasteiger partial charge in [-0.25, -0.2) is 4.98 Å². The number of methoxy groups -OCH3 is 3. The van der Waals surface area contributed by atoms with E-state index < -0.39 is 0 Å². The van der Waals surface area contributed by atoms with Gasteiger partial charge >= 0.3 is 0 Å². The molecule has 0 atom stereocenters. The van der Waals surface area contributed by atoms with Crippen LogP contribution >= 0.6 is 0 Å². The van der Waals surface area contributed by atoms with Crippen LogP contribution in [0.25, 0.3) is 11.0 Å². The minimum atomic E-state index is -0.279. The monoisotopic (exact) mass is 475 g/mol. The molecule has 4 aromatic rings. The molecule has 0 spiro atoms. The maximum Gasteiger partial charge on any atom is 0.251 e. The van der Waals surface area contributed by atoms with Gasteiger partial charge in [-0.05, 0) is 48.9 Å². The van der Waals surface area contributed by atoms with Gasteiger partial charge in [0.1, 0.15) is 18.2 Å². The van der Waals surface area contributed by atoms with E-state index in [0.29, 0.717) is 36.0 Å². The number of carbonyl (C=O) groups is 1. The molecule has 1 aromatic heterocycles. The van der Waals surface area contributed by atoms with Crippen molar-refractivity contribution in [2.24, 2.45) is 0 Å². The Bertz CT molecular complexity index is 1310. The number of imidazole rings is 1. The zero-order valence-corrected chi connectivity index (χ0v) is 20.3. The lowest BCUT2D eigenvalue weighted by molar-refractivity contribution is 0.0948. The minimum absolute atomic E-state index is 0.245. The van der Waals surface area contributed by atoms with Crippen molar-refractivity contribution in [1.82, 2.24) is 14.9 Å². The molecular formula is C27H29N3O5. The summed E-state index contributed by atoms with van der Waals surface area (Å²) in [5, 5.41) is 2.96. The number of rotatable bonds is 10. The van der Waals surface area contributed by atoms with Crippen LogP contribution in [-0.4, -0.2) is 43.4 Å². The molecule has 0 unspecified atom stereocenters. The van der Waals surface area contributed by atoms with Crippen LogP contribution in [0.15, 0.2) is 60.7 Å². The molecule has 0 saturated carbocycles. The molecule has 1 amide bonds. The van der Waals surface area contributed by atoms with E-state index in [1.807, 2.05) is 55.5 Å². The zero-order chi connectivity index (χ0) is 24.8. The zero-order valence-electron chi connectivity index (χ0n) is 20.3. The number of hydrogen-bond donors (Lipinski definition) is 1. The smallest absolute Gasteiger partial charge is 0.251 e. The van der Waals surface area contributed by atoms with Crippen molar-refractivity contribution in [2.75, 3.05) is 27.9 Å². The molecule has 0 bridgehead atoms. The molecule has 35 heavy (non-hydrogen) atoms. The number of benzene rings is 3. The Labute approximate surface area is 204 Å². The number of para-hydroxylation sites is 2. The molecule has 0 saturated heterocycles. The molecule has 4 rings (SSSR count). The fraction of sp³-hybridized carbons (Fsp3) is 0.259. The maximum absolute atomic E-state index is 13.0. The summed E-state index contributed by atoms with van der Waals surface area (Å²) in [7, 11) is 4.55. The summed E-state index contributed by atoms with van der Waals surface area (Å²) in [6.07, 6.45) is 0. The minimum Gasteiger partial charge on any atom is -0.493 e. The Hall–Kier alpha value is -4.20. The second-order valence-corrected chi connectivity index (χ2v) is 7.93. The number of amides is 1. The predicted molar refractivity (Wildman–Crippen MR) is 134 cm³/mol. The van der Waals surface area contributed by atoms with Crippen LogP contribution in [0.1, 0.15) is 21.7 Å². The predicted octanol–water partition coefficient (Wildman–Crippen LogP) is 4.38. The van der Waals surface area contributed by atoms with E-state index in [1.165, 1.54) is 21.3 Å². The molecule has 1 N–H and O–H groups in total. The fourth-order valence-corrected chi connectivity index (χ4v) is 3.94. The van der Waals surface area contributed by atoms with Gasteiger partial charge in [0, 0.05) is 5.56 Å². The van der Waals surface area contributed by atoms with Gasteiger partial charge < -0.3 is 28.8 Å². The summed E-state index contributed by atoms with van der Waals surface area (Å²) in [5.74, 6) is 2.54. The molecule has 0 aliphatic rings. The third-order valence-electron chi connectivity index (χ3n) is 5.64. The van der Waals surface area contributed by atoms with E-state index in [2.05, 4.69) is 9.88 Å². The number of aromatic nitrogens is 2. The topological polar surface area (TPSA) is 83.8 Å². The van der Waals surface area contributed by atoms with E-state index in [0.717, 1.165) is 28.2 Å². The average Bonchev–Trinajstić information content (AvgIpc) is 3.23. The van der Waals surface area contributed by atoms with Crippen molar-refractivity contribution in [3.63, 3.8) is 0 Å². The lowest BCUT2D eigenvalue weighted by Crippen LogP contribution is -2.25. The number of nitrogens with one attached hydrogen (secondary N) is 1. The Kier molecular flexibility index (Phi) is 7.40.